The molecule has 0 aliphatic heterocycles. The Hall–Kier alpha value is -2.32. The van der Waals surface area contributed by atoms with Gasteiger partial charge in [0.25, 0.3) is 0 Å². The van der Waals surface area contributed by atoms with E-state index in [-0.39, 0.29) is 15.8 Å². The maximum Gasteiger partial charge on any atom is 0.419 e. The number of halogens is 6. The average molecular weight is 425 g/mol. The van der Waals surface area contributed by atoms with Gasteiger partial charge in [0, 0.05) is 0 Å². The molecule has 0 aliphatic rings. The number of benzene rings is 2. The van der Waals surface area contributed by atoms with Crippen LogP contribution < -0.4 is 9.47 Å². The van der Waals surface area contributed by atoms with Crippen LogP contribution in [0.5, 0.6) is 11.5 Å². The Morgan fingerprint density at radius 3 is 2.00 bits per heavy atom. The van der Waals surface area contributed by atoms with E-state index in [1.165, 1.54) is 18.2 Å². The first kappa shape index (κ1) is 21.0. The molecule has 0 radical (unpaired) electrons. The second-order valence-electron chi connectivity index (χ2n) is 5.12. The summed E-state index contributed by atoms with van der Waals surface area (Å²) in [5.41, 5.74) is -1.57. The molecule has 0 fully saturated rings. The molecule has 0 N–H and O–H groups in total. The first-order valence-corrected chi connectivity index (χ1v) is 8.06. The van der Waals surface area contributed by atoms with Crippen LogP contribution in [-0.2, 0) is 15.8 Å². The number of rotatable bonds is 5. The zero-order chi connectivity index (χ0) is 20.2. The fourth-order valence-electron chi connectivity index (χ4n) is 1.92. The predicted molar refractivity (Wildman–Crippen MR) is 88.4 cm³/mol. The second-order valence-corrected chi connectivity index (χ2v) is 5.90. The molecule has 0 atom stereocenters. The first-order valence-electron chi connectivity index (χ1n) is 7.30. The zero-order valence-electron chi connectivity index (χ0n) is 13.3. The van der Waals surface area contributed by atoms with Crippen molar-refractivity contribution in [3.8, 4) is 11.5 Å². The quantitative estimate of drug-likeness (QED) is 0.364. The van der Waals surface area contributed by atoms with Gasteiger partial charge in [-0.25, -0.2) is 4.39 Å². The van der Waals surface area contributed by atoms with Gasteiger partial charge in [-0.15, -0.1) is 0 Å². The van der Waals surface area contributed by atoms with Crippen molar-refractivity contribution >= 4 is 35.1 Å². The lowest BCUT2D eigenvalue weighted by Crippen LogP contribution is -2.16. The summed E-state index contributed by atoms with van der Waals surface area (Å²) in [6, 6.07) is 6.61. The maximum absolute atomic E-state index is 13.8. The van der Waals surface area contributed by atoms with Gasteiger partial charge in [-0.05, 0) is 24.3 Å². The van der Waals surface area contributed by atoms with Gasteiger partial charge < -0.3 is 9.47 Å². The SMILES string of the molecule is O=C(CCC(=O)Oc1cccc(Cl)c1Cl)Oc1cccc(C(F)(F)F)c1F. The summed E-state index contributed by atoms with van der Waals surface area (Å²) in [6.07, 6.45) is -5.96. The summed E-state index contributed by atoms with van der Waals surface area (Å²) in [5, 5.41) is 0.155. The van der Waals surface area contributed by atoms with Gasteiger partial charge in [-0.2, -0.15) is 13.2 Å². The first-order chi connectivity index (χ1) is 12.6. The molecule has 0 aliphatic carbocycles. The molecule has 0 aromatic heterocycles. The molecular formula is C17H10Cl2F4O4. The van der Waals surface area contributed by atoms with E-state index in [9.17, 15) is 27.2 Å². The van der Waals surface area contributed by atoms with Crippen LogP contribution in [0.25, 0.3) is 0 Å². The molecule has 0 saturated carbocycles. The van der Waals surface area contributed by atoms with E-state index < -0.39 is 48.1 Å². The summed E-state index contributed by atoms with van der Waals surface area (Å²) in [5.74, 6) is -4.60. The van der Waals surface area contributed by atoms with Crippen molar-refractivity contribution in [3.05, 3.63) is 57.8 Å². The lowest BCUT2D eigenvalue weighted by molar-refractivity contribution is -0.142. The molecule has 0 heterocycles. The largest absolute Gasteiger partial charge is 0.425 e. The Kier molecular flexibility index (Phi) is 6.67. The number of alkyl halides is 3. The van der Waals surface area contributed by atoms with Gasteiger partial charge in [0.05, 0.1) is 23.4 Å². The van der Waals surface area contributed by atoms with Gasteiger partial charge in [0.15, 0.2) is 17.3 Å². The second kappa shape index (κ2) is 8.58. The molecule has 0 bridgehead atoms. The number of carbonyl (C=O) groups is 2. The summed E-state index contributed by atoms with van der Waals surface area (Å²) in [4.78, 5) is 23.4. The Labute approximate surface area is 160 Å². The van der Waals surface area contributed by atoms with Crippen LogP contribution in [0.4, 0.5) is 17.6 Å². The van der Waals surface area contributed by atoms with Crippen molar-refractivity contribution in [2.24, 2.45) is 0 Å². The Morgan fingerprint density at radius 1 is 0.889 bits per heavy atom. The molecule has 27 heavy (non-hydrogen) atoms. The zero-order valence-corrected chi connectivity index (χ0v) is 14.8. The molecule has 0 unspecified atom stereocenters. The number of ether oxygens (including phenoxy) is 2. The highest BCUT2D eigenvalue weighted by atomic mass is 35.5. The Morgan fingerprint density at radius 2 is 1.41 bits per heavy atom. The molecule has 10 heteroatoms. The summed E-state index contributed by atoms with van der Waals surface area (Å²) < 4.78 is 61.1. The molecular weight excluding hydrogens is 415 g/mol. The van der Waals surface area contributed by atoms with Gasteiger partial charge in [-0.3, -0.25) is 9.59 Å². The van der Waals surface area contributed by atoms with E-state index in [0.717, 1.165) is 12.1 Å². The van der Waals surface area contributed by atoms with Crippen LogP contribution in [0.2, 0.25) is 10.0 Å². The Balaban J connectivity index is 1.95. The van der Waals surface area contributed by atoms with Crippen LogP contribution >= 0.6 is 23.2 Å². The minimum absolute atomic E-state index is 0.00105. The van der Waals surface area contributed by atoms with Gasteiger partial charge >= 0.3 is 18.1 Å². The van der Waals surface area contributed by atoms with Gasteiger partial charge in [0.1, 0.15) is 5.02 Å². The maximum atomic E-state index is 13.8. The predicted octanol–water partition coefficient (Wildman–Crippen LogP) is 5.44. The third-order valence-electron chi connectivity index (χ3n) is 3.17. The molecule has 2 aromatic carbocycles. The number of carbonyl (C=O) groups excluding carboxylic acids is 2. The third-order valence-corrected chi connectivity index (χ3v) is 3.97. The minimum atomic E-state index is -4.94. The normalized spacial score (nSPS) is 11.2. The van der Waals surface area contributed by atoms with Gasteiger partial charge in [-0.1, -0.05) is 35.3 Å². The number of hydrogen-bond donors (Lipinski definition) is 0. The molecule has 0 saturated heterocycles. The highest BCUT2D eigenvalue weighted by molar-refractivity contribution is 6.43. The summed E-state index contributed by atoms with van der Waals surface area (Å²) in [7, 11) is 0. The topological polar surface area (TPSA) is 52.6 Å². The van der Waals surface area contributed by atoms with Crippen LogP contribution in [0.15, 0.2) is 36.4 Å². The summed E-state index contributed by atoms with van der Waals surface area (Å²) in [6.45, 7) is 0. The summed E-state index contributed by atoms with van der Waals surface area (Å²) >= 11 is 11.6. The van der Waals surface area contributed by atoms with Crippen molar-refractivity contribution in [3.63, 3.8) is 0 Å². The molecule has 2 aromatic rings. The molecule has 4 nitrogen and oxygen atoms in total. The minimum Gasteiger partial charge on any atom is -0.425 e. The van der Waals surface area contributed by atoms with Crippen LogP contribution in [0.3, 0.4) is 0 Å². The van der Waals surface area contributed by atoms with E-state index in [1.807, 2.05) is 0 Å². The molecule has 144 valence electrons. The molecule has 2 rings (SSSR count). The van der Waals surface area contributed by atoms with Crippen molar-refractivity contribution in [2.75, 3.05) is 0 Å². The van der Waals surface area contributed by atoms with Gasteiger partial charge in [0.2, 0.25) is 0 Å². The van der Waals surface area contributed by atoms with E-state index in [4.69, 9.17) is 27.9 Å². The lowest BCUT2D eigenvalue weighted by atomic mass is 10.2. The fraction of sp³-hybridized carbons (Fsp3) is 0.176. The lowest BCUT2D eigenvalue weighted by Gasteiger charge is -2.11. The van der Waals surface area contributed by atoms with E-state index in [2.05, 4.69) is 4.74 Å². The van der Waals surface area contributed by atoms with E-state index in [1.54, 1.807) is 0 Å². The number of esters is 2. The monoisotopic (exact) mass is 424 g/mol. The van der Waals surface area contributed by atoms with E-state index in [0.29, 0.717) is 6.07 Å². The van der Waals surface area contributed by atoms with Crippen molar-refractivity contribution in [1.29, 1.82) is 0 Å². The smallest absolute Gasteiger partial charge is 0.419 e. The number of hydrogen-bond acceptors (Lipinski definition) is 4. The molecule has 0 spiro atoms. The van der Waals surface area contributed by atoms with Crippen LogP contribution in [0, 0.1) is 5.82 Å². The van der Waals surface area contributed by atoms with Crippen LogP contribution in [-0.4, -0.2) is 11.9 Å². The highest BCUT2D eigenvalue weighted by Gasteiger charge is 2.35. The average Bonchev–Trinajstić information content (AvgIpc) is 2.58. The molecule has 0 amide bonds. The van der Waals surface area contributed by atoms with Crippen LogP contribution in [0.1, 0.15) is 18.4 Å². The van der Waals surface area contributed by atoms with Crippen molar-refractivity contribution < 1.29 is 36.6 Å². The fourth-order valence-corrected chi connectivity index (χ4v) is 2.25. The standard InChI is InChI=1S/C17H10Cl2F4O4/c18-10-4-2-5-11(15(10)19)26-13(24)7-8-14(25)27-12-6-1-3-9(16(12)20)17(21,22)23/h1-6H,7-8H2. The highest BCUT2D eigenvalue weighted by Crippen LogP contribution is 2.35. The Bertz CT molecular complexity index is 868. The van der Waals surface area contributed by atoms with Crippen molar-refractivity contribution in [2.45, 2.75) is 19.0 Å². The third kappa shape index (κ3) is 5.58. The van der Waals surface area contributed by atoms with Crippen molar-refractivity contribution in [1.82, 2.24) is 0 Å². The van der Waals surface area contributed by atoms with E-state index >= 15 is 0 Å².